The Morgan fingerprint density at radius 1 is 1.19 bits per heavy atom. The normalized spacial score (nSPS) is 25.4. The molecule has 1 aromatic carbocycles. The van der Waals surface area contributed by atoms with Gasteiger partial charge in [-0.25, -0.2) is 4.39 Å². The lowest BCUT2D eigenvalue weighted by Crippen LogP contribution is -2.23. The highest BCUT2D eigenvalue weighted by molar-refractivity contribution is 5.79. The van der Waals surface area contributed by atoms with Crippen LogP contribution in [0.2, 0.25) is 0 Å². The first kappa shape index (κ1) is 11.3. The van der Waals surface area contributed by atoms with Crippen molar-refractivity contribution < 1.29 is 9.18 Å². The van der Waals surface area contributed by atoms with Crippen molar-refractivity contribution in [2.45, 2.75) is 38.5 Å². The Morgan fingerprint density at radius 2 is 1.81 bits per heavy atom. The fraction of sp³-hybridized carbons (Fsp3) is 0.500. The number of carbonyl (C=O) groups is 1. The predicted molar refractivity (Wildman–Crippen MR) is 61.8 cm³/mol. The summed E-state index contributed by atoms with van der Waals surface area (Å²) in [5, 5.41) is 0. The molecule has 0 heterocycles. The van der Waals surface area contributed by atoms with Crippen molar-refractivity contribution in [3.05, 3.63) is 35.6 Å². The molecular formula is C14H17FO. The number of halogens is 1. The Labute approximate surface area is 95.7 Å². The largest absolute Gasteiger partial charge is 0.300 e. The summed E-state index contributed by atoms with van der Waals surface area (Å²) in [5.74, 6) is 0.499. The molecule has 2 heteroatoms. The van der Waals surface area contributed by atoms with Crippen molar-refractivity contribution in [2.24, 2.45) is 5.92 Å². The summed E-state index contributed by atoms with van der Waals surface area (Å²) >= 11 is 0. The van der Waals surface area contributed by atoms with Gasteiger partial charge in [0.25, 0.3) is 0 Å². The minimum Gasteiger partial charge on any atom is -0.300 e. The molecule has 0 N–H and O–H groups in total. The lowest BCUT2D eigenvalue weighted by atomic mass is 9.74. The van der Waals surface area contributed by atoms with Crippen LogP contribution in [0.5, 0.6) is 0 Å². The van der Waals surface area contributed by atoms with Gasteiger partial charge in [-0.15, -0.1) is 0 Å². The molecule has 0 aromatic heterocycles. The Kier molecular flexibility index (Phi) is 3.37. The van der Waals surface area contributed by atoms with Gasteiger partial charge < -0.3 is 0 Å². The van der Waals surface area contributed by atoms with E-state index in [0.717, 1.165) is 24.8 Å². The molecule has 1 nitrogen and oxygen atoms in total. The minimum atomic E-state index is -0.209. The highest BCUT2D eigenvalue weighted by Gasteiger charge is 2.29. The van der Waals surface area contributed by atoms with Gasteiger partial charge in [0.05, 0.1) is 0 Å². The van der Waals surface area contributed by atoms with Crippen LogP contribution in [0.1, 0.15) is 44.1 Å². The maximum Gasteiger partial charge on any atom is 0.133 e. The van der Waals surface area contributed by atoms with Gasteiger partial charge in [-0.3, -0.25) is 4.79 Å². The summed E-state index contributed by atoms with van der Waals surface area (Å²) in [4.78, 5) is 11.6. The third-order valence-electron chi connectivity index (χ3n) is 3.59. The zero-order valence-electron chi connectivity index (χ0n) is 9.58. The molecule has 1 aliphatic carbocycles. The topological polar surface area (TPSA) is 17.1 Å². The fourth-order valence-electron chi connectivity index (χ4n) is 2.73. The van der Waals surface area contributed by atoms with E-state index in [1.54, 1.807) is 6.92 Å². The number of carbonyl (C=O) groups excluding carboxylic acids is 1. The van der Waals surface area contributed by atoms with E-state index in [2.05, 4.69) is 0 Å². The van der Waals surface area contributed by atoms with Crippen LogP contribution in [0.15, 0.2) is 24.3 Å². The molecule has 2 rings (SSSR count). The monoisotopic (exact) mass is 220 g/mol. The van der Waals surface area contributed by atoms with Gasteiger partial charge in [0.15, 0.2) is 0 Å². The molecule has 0 spiro atoms. The van der Waals surface area contributed by atoms with Crippen LogP contribution < -0.4 is 0 Å². The molecule has 0 bridgehead atoms. The fourth-order valence-corrected chi connectivity index (χ4v) is 2.73. The van der Waals surface area contributed by atoms with E-state index >= 15 is 0 Å². The molecule has 0 saturated heterocycles. The molecule has 0 aliphatic heterocycles. The van der Waals surface area contributed by atoms with E-state index in [0.29, 0.717) is 5.92 Å². The zero-order valence-corrected chi connectivity index (χ0v) is 9.58. The number of rotatable bonds is 2. The van der Waals surface area contributed by atoms with E-state index < -0.39 is 0 Å². The number of benzene rings is 1. The van der Waals surface area contributed by atoms with Crippen molar-refractivity contribution in [3.8, 4) is 0 Å². The number of hydrogen-bond donors (Lipinski definition) is 0. The third-order valence-corrected chi connectivity index (χ3v) is 3.59. The minimum absolute atomic E-state index is 0.138. The number of Topliss-reactive ketones (excluding diaryl/α,β-unsaturated/α-hetero) is 1. The van der Waals surface area contributed by atoms with E-state index in [9.17, 15) is 9.18 Å². The van der Waals surface area contributed by atoms with E-state index in [1.807, 2.05) is 12.1 Å². The average molecular weight is 220 g/mol. The summed E-state index contributed by atoms with van der Waals surface area (Å²) < 4.78 is 12.8. The predicted octanol–water partition coefficient (Wildman–Crippen LogP) is 3.69. The van der Waals surface area contributed by atoms with Gasteiger partial charge in [0.2, 0.25) is 0 Å². The molecule has 0 amide bonds. The Hall–Kier alpha value is -1.18. The van der Waals surface area contributed by atoms with Crippen molar-refractivity contribution in [1.29, 1.82) is 0 Å². The smallest absolute Gasteiger partial charge is 0.133 e. The Bertz CT molecular complexity index is 369. The van der Waals surface area contributed by atoms with Crippen LogP contribution in [0.3, 0.4) is 0 Å². The Balaban J connectivity index is 2.23. The van der Waals surface area contributed by atoms with Gasteiger partial charge in [-0.1, -0.05) is 25.0 Å². The first-order valence-electron chi connectivity index (χ1n) is 5.94. The maximum absolute atomic E-state index is 12.8. The van der Waals surface area contributed by atoms with Gasteiger partial charge in [0.1, 0.15) is 11.6 Å². The van der Waals surface area contributed by atoms with Crippen LogP contribution in [0, 0.1) is 11.7 Å². The van der Waals surface area contributed by atoms with Crippen LogP contribution >= 0.6 is 0 Å². The molecule has 0 radical (unpaired) electrons. The van der Waals surface area contributed by atoms with Crippen molar-refractivity contribution in [3.63, 3.8) is 0 Å². The second kappa shape index (κ2) is 4.77. The second-order valence-corrected chi connectivity index (χ2v) is 4.66. The van der Waals surface area contributed by atoms with Crippen LogP contribution in [-0.2, 0) is 4.79 Å². The first-order valence-corrected chi connectivity index (χ1v) is 5.94. The van der Waals surface area contributed by atoms with E-state index in [-0.39, 0.29) is 17.5 Å². The summed E-state index contributed by atoms with van der Waals surface area (Å²) in [6.45, 7) is 1.67. The molecule has 1 fully saturated rings. The number of ketones is 1. The lowest BCUT2D eigenvalue weighted by molar-refractivity contribution is -0.122. The van der Waals surface area contributed by atoms with Gasteiger partial charge in [0, 0.05) is 5.92 Å². The summed E-state index contributed by atoms with van der Waals surface area (Å²) in [7, 11) is 0. The van der Waals surface area contributed by atoms with Crippen molar-refractivity contribution >= 4 is 5.78 Å². The highest BCUT2D eigenvalue weighted by atomic mass is 19.1. The summed E-state index contributed by atoms with van der Waals surface area (Å²) in [6, 6.07) is 6.62. The standard InChI is InChI=1S/C14H17FO/c1-10(16)13-4-2-3-5-14(13)11-6-8-12(15)9-7-11/h6-9,13-14H,2-5H2,1H3/t13-,14?/m1/s1. The SMILES string of the molecule is CC(=O)[C@H]1CCCCC1c1ccc(F)cc1. The molecule has 1 aromatic rings. The number of hydrogen-bond acceptors (Lipinski definition) is 1. The van der Waals surface area contributed by atoms with Gasteiger partial charge >= 0.3 is 0 Å². The summed E-state index contributed by atoms with van der Waals surface area (Å²) in [5.41, 5.74) is 1.11. The van der Waals surface area contributed by atoms with Gasteiger partial charge in [-0.05, 0) is 43.4 Å². The Morgan fingerprint density at radius 3 is 2.44 bits per heavy atom. The van der Waals surface area contributed by atoms with Crippen LogP contribution in [0.4, 0.5) is 4.39 Å². The molecule has 86 valence electrons. The first-order chi connectivity index (χ1) is 7.68. The highest BCUT2D eigenvalue weighted by Crippen LogP contribution is 2.38. The lowest BCUT2D eigenvalue weighted by Gasteiger charge is -2.30. The van der Waals surface area contributed by atoms with Gasteiger partial charge in [-0.2, -0.15) is 0 Å². The zero-order chi connectivity index (χ0) is 11.5. The molecule has 1 aliphatic rings. The van der Waals surface area contributed by atoms with E-state index in [1.165, 1.54) is 18.6 Å². The quantitative estimate of drug-likeness (QED) is 0.743. The molecule has 16 heavy (non-hydrogen) atoms. The van der Waals surface area contributed by atoms with Crippen molar-refractivity contribution in [2.75, 3.05) is 0 Å². The second-order valence-electron chi connectivity index (χ2n) is 4.66. The maximum atomic E-state index is 12.8. The molecule has 1 unspecified atom stereocenters. The summed E-state index contributed by atoms with van der Waals surface area (Å²) in [6.07, 6.45) is 4.35. The van der Waals surface area contributed by atoms with E-state index in [4.69, 9.17) is 0 Å². The average Bonchev–Trinajstić information content (AvgIpc) is 2.30. The molecule has 1 saturated carbocycles. The third kappa shape index (κ3) is 2.31. The van der Waals surface area contributed by atoms with Crippen LogP contribution in [-0.4, -0.2) is 5.78 Å². The molecule has 2 atom stereocenters. The van der Waals surface area contributed by atoms with Crippen LogP contribution in [0.25, 0.3) is 0 Å². The van der Waals surface area contributed by atoms with Crippen molar-refractivity contribution in [1.82, 2.24) is 0 Å². The molecular weight excluding hydrogens is 203 g/mol.